The zero-order valence-electron chi connectivity index (χ0n) is 15.0. The van der Waals surface area contributed by atoms with E-state index in [9.17, 15) is 10.1 Å². The Bertz CT molecular complexity index is 831. The quantitative estimate of drug-likeness (QED) is 0.855. The minimum atomic E-state index is -0.522. The summed E-state index contributed by atoms with van der Waals surface area (Å²) in [6.07, 6.45) is 3.78. The molecular formula is C20H23N3O2. The van der Waals surface area contributed by atoms with Gasteiger partial charge in [0.1, 0.15) is 17.4 Å². The van der Waals surface area contributed by atoms with E-state index in [4.69, 9.17) is 10.5 Å². The molecule has 25 heavy (non-hydrogen) atoms. The fourth-order valence-electron chi connectivity index (χ4n) is 2.44. The lowest BCUT2D eigenvalue weighted by Gasteiger charge is -2.19. The van der Waals surface area contributed by atoms with Crippen LogP contribution in [0.1, 0.15) is 49.3 Å². The van der Waals surface area contributed by atoms with E-state index in [1.807, 2.05) is 50.5 Å². The van der Waals surface area contributed by atoms with Gasteiger partial charge >= 0.3 is 5.97 Å². The van der Waals surface area contributed by atoms with Crippen molar-refractivity contribution in [2.45, 2.75) is 39.8 Å². The monoisotopic (exact) mass is 337 g/mol. The number of benzene rings is 1. The number of ether oxygens (including phenoxy) is 1. The lowest BCUT2D eigenvalue weighted by Crippen LogP contribution is -2.23. The molecule has 1 aromatic heterocycles. The van der Waals surface area contributed by atoms with Gasteiger partial charge in [0.2, 0.25) is 0 Å². The summed E-state index contributed by atoms with van der Waals surface area (Å²) >= 11 is 0. The fraction of sp³-hybridized carbons (Fsp3) is 0.300. The summed E-state index contributed by atoms with van der Waals surface area (Å²) in [4.78, 5) is 12.1. The highest BCUT2D eigenvalue weighted by Gasteiger charge is 2.18. The molecule has 1 aromatic carbocycles. The number of nitrogens with zero attached hydrogens (tertiary/aromatic N) is 2. The van der Waals surface area contributed by atoms with Crippen LogP contribution in [0.25, 0.3) is 5.57 Å². The SMILES string of the molecule is CC=C(Cn1ccc(N)c1C#N)c1ccc(C(=O)OC(C)(C)C)cc1. The summed E-state index contributed by atoms with van der Waals surface area (Å²) in [5.74, 6) is -0.342. The van der Waals surface area contributed by atoms with E-state index >= 15 is 0 Å². The van der Waals surface area contributed by atoms with Crippen molar-refractivity contribution in [3.05, 3.63) is 59.4 Å². The van der Waals surface area contributed by atoms with Crippen molar-refractivity contribution in [2.75, 3.05) is 5.73 Å². The predicted octanol–water partition coefficient (Wildman–Crippen LogP) is 4.00. The van der Waals surface area contributed by atoms with Crippen molar-refractivity contribution in [2.24, 2.45) is 0 Å². The number of hydrogen-bond acceptors (Lipinski definition) is 4. The average Bonchev–Trinajstić information content (AvgIpc) is 2.90. The van der Waals surface area contributed by atoms with Crippen LogP contribution in [0.5, 0.6) is 0 Å². The molecule has 0 aliphatic heterocycles. The van der Waals surface area contributed by atoms with Gasteiger partial charge in [-0.25, -0.2) is 4.79 Å². The van der Waals surface area contributed by atoms with Crippen LogP contribution in [0.15, 0.2) is 42.6 Å². The van der Waals surface area contributed by atoms with Crippen LogP contribution in [0.2, 0.25) is 0 Å². The van der Waals surface area contributed by atoms with Crippen molar-refractivity contribution in [3.8, 4) is 6.07 Å². The highest BCUT2D eigenvalue weighted by molar-refractivity contribution is 5.90. The smallest absolute Gasteiger partial charge is 0.338 e. The second-order valence-corrected chi connectivity index (χ2v) is 6.75. The Morgan fingerprint density at radius 1 is 1.24 bits per heavy atom. The van der Waals surface area contributed by atoms with E-state index in [1.165, 1.54) is 0 Å². The molecule has 0 saturated heterocycles. The van der Waals surface area contributed by atoms with E-state index in [2.05, 4.69) is 6.07 Å². The Morgan fingerprint density at radius 2 is 1.84 bits per heavy atom. The molecule has 0 unspecified atom stereocenters. The third-order valence-corrected chi connectivity index (χ3v) is 3.68. The summed E-state index contributed by atoms with van der Waals surface area (Å²) in [7, 11) is 0. The molecule has 5 heteroatoms. The van der Waals surface area contributed by atoms with Gasteiger partial charge < -0.3 is 15.0 Å². The van der Waals surface area contributed by atoms with Gasteiger partial charge in [0, 0.05) is 12.7 Å². The molecule has 0 aliphatic rings. The standard InChI is InChI=1S/C20H23N3O2/c1-5-14(13-23-11-10-17(22)18(23)12-21)15-6-8-16(9-7-15)19(24)25-20(2,3)4/h5-11H,13,22H2,1-4H3. The lowest BCUT2D eigenvalue weighted by atomic mass is 10.0. The molecule has 2 aromatic rings. The highest BCUT2D eigenvalue weighted by atomic mass is 16.6. The second-order valence-electron chi connectivity index (χ2n) is 6.75. The maximum absolute atomic E-state index is 12.1. The minimum absolute atomic E-state index is 0.342. The predicted molar refractivity (Wildman–Crippen MR) is 98.8 cm³/mol. The number of nitriles is 1. The largest absolute Gasteiger partial charge is 0.456 e. The van der Waals surface area contributed by atoms with Crippen LogP contribution in [-0.2, 0) is 11.3 Å². The van der Waals surface area contributed by atoms with Crippen molar-refractivity contribution >= 4 is 17.2 Å². The van der Waals surface area contributed by atoms with Crippen LogP contribution in [0.3, 0.4) is 0 Å². The van der Waals surface area contributed by atoms with Crippen LogP contribution in [0, 0.1) is 11.3 Å². The highest BCUT2D eigenvalue weighted by Crippen LogP contribution is 2.21. The molecule has 0 amide bonds. The van der Waals surface area contributed by atoms with E-state index in [0.29, 0.717) is 23.5 Å². The van der Waals surface area contributed by atoms with E-state index in [1.54, 1.807) is 24.4 Å². The van der Waals surface area contributed by atoms with E-state index in [-0.39, 0.29) is 5.97 Å². The normalized spacial score (nSPS) is 11.9. The number of anilines is 1. The first-order valence-electron chi connectivity index (χ1n) is 8.09. The van der Waals surface area contributed by atoms with Crippen LogP contribution in [0.4, 0.5) is 5.69 Å². The summed E-state index contributed by atoms with van der Waals surface area (Å²) in [6.45, 7) is 7.99. The number of nitrogens with two attached hydrogens (primary N) is 1. The lowest BCUT2D eigenvalue weighted by molar-refractivity contribution is 0.00695. The number of nitrogen functional groups attached to an aromatic ring is 1. The number of carbonyl (C=O) groups is 1. The topological polar surface area (TPSA) is 81.0 Å². The van der Waals surface area contributed by atoms with Crippen molar-refractivity contribution in [1.82, 2.24) is 4.57 Å². The molecule has 130 valence electrons. The number of rotatable bonds is 4. The van der Waals surface area contributed by atoms with Crippen molar-refractivity contribution in [3.63, 3.8) is 0 Å². The Morgan fingerprint density at radius 3 is 2.36 bits per heavy atom. The summed E-state index contributed by atoms with van der Waals surface area (Å²) in [6, 6.07) is 11.1. The number of hydrogen-bond donors (Lipinski definition) is 1. The van der Waals surface area contributed by atoms with Gasteiger partial charge in [0.25, 0.3) is 0 Å². The Balaban J connectivity index is 2.20. The zero-order valence-corrected chi connectivity index (χ0v) is 15.0. The average molecular weight is 337 g/mol. The number of carbonyl (C=O) groups excluding carboxylic acids is 1. The summed E-state index contributed by atoms with van der Waals surface area (Å²) < 4.78 is 7.18. The molecule has 0 aliphatic carbocycles. The maximum Gasteiger partial charge on any atom is 0.338 e. The van der Waals surface area contributed by atoms with Gasteiger partial charge in [-0.15, -0.1) is 0 Å². The maximum atomic E-state index is 12.1. The van der Waals surface area contributed by atoms with E-state index in [0.717, 1.165) is 11.1 Å². The molecule has 0 saturated carbocycles. The Hall–Kier alpha value is -3.00. The van der Waals surface area contributed by atoms with Gasteiger partial charge in [-0.3, -0.25) is 0 Å². The number of esters is 1. The van der Waals surface area contributed by atoms with Crippen LogP contribution in [-0.4, -0.2) is 16.1 Å². The first-order valence-corrected chi connectivity index (χ1v) is 8.09. The number of allylic oxidation sites excluding steroid dienone is 2. The van der Waals surface area contributed by atoms with Gasteiger partial charge in [0.15, 0.2) is 0 Å². The molecule has 0 fully saturated rings. The molecule has 1 heterocycles. The van der Waals surface area contributed by atoms with Crippen LogP contribution >= 0.6 is 0 Å². The molecule has 5 nitrogen and oxygen atoms in total. The van der Waals surface area contributed by atoms with Gasteiger partial charge in [-0.05, 0) is 57.0 Å². The summed E-state index contributed by atoms with van der Waals surface area (Å²) in [5, 5.41) is 9.21. The zero-order chi connectivity index (χ0) is 18.6. The summed E-state index contributed by atoms with van der Waals surface area (Å²) in [5.41, 5.74) is 8.71. The molecule has 0 spiro atoms. The third kappa shape index (κ3) is 4.51. The van der Waals surface area contributed by atoms with Gasteiger partial charge in [-0.1, -0.05) is 18.2 Å². The molecule has 0 radical (unpaired) electrons. The van der Waals surface area contributed by atoms with Crippen molar-refractivity contribution in [1.29, 1.82) is 5.26 Å². The molecule has 0 bridgehead atoms. The van der Waals surface area contributed by atoms with Gasteiger partial charge in [-0.2, -0.15) is 5.26 Å². The van der Waals surface area contributed by atoms with Gasteiger partial charge in [0.05, 0.1) is 11.3 Å². The molecule has 2 rings (SSSR count). The van der Waals surface area contributed by atoms with E-state index < -0.39 is 5.60 Å². The molecule has 2 N–H and O–H groups in total. The third-order valence-electron chi connectivity index (χ3n) is 3.68. The Kier molecular flexibility index (Phi) is 5.33. The molecular weight excluding hydrogens is 314 g/mol. The minimum Gasteiger partial charge on any atom is -0.456 e. The van der Waals surface area contributed by atoms with Crippen LogP contribution < -0.4 is 5.73 Å². The Labute approximate surface area is 148 Å². The molecule has 0 atom stereocenters. The first kappa shape index (κ1) is 18.3. The van der Waals surface area contributed by atoms with Crippen molar-refractivity contribution < 1.29 is 9.53 Å². The first-order chi connectivity index (χ1) is 11.7. The second kappa shape index (κ2) is 7.27. The number of aromatic nitrogens is 1. The fourth-order valence-corrected chi connectivity index (χ4v) is 2.44.